The van der Waals surface area contributed by atoms with Crippen molar-refractivity contribution in [1.82, 2.24) is 0 Å². The highest BCUT2D eigenvalue weighted by molar-refractivity contribution is 9.09. The van der Waals surface area contributed by atoms with E-state index < -0.39 is 21.2 Å². The van der Waals surface area contributed by atoms with Gasteiger partial charge in [0, 0.05) is 17.5 Å². The second-order valence-corrected chi connectivity index (χ2v) is 3.57. The van der Waals surface area contributed by atoms with E-state index in [1.807, 2.05) is 0 Å². The number of alkyl halides is 1. The molecular formula is C8H7BrN2O4. The third-order valence-corrected chi connectivity index (χ3v) is 2.21. The third-order valence-electron chi connectivity index (χ3n) is 1.82. The standard InChI is InChI=1S/C8H7BrN2O4/c9-4-3-6-1-2-7(10(12)13)8(5-6)11(14)15/h1-2,5H,3-4H2. The van der Waals surface area contributed by atoms with E-state index in [0.717, 1.165) is 6.07 Å². The lowest BCUT2D eigenvalue weighted by Gasteiger charge is -1.98. The molecule has 0 N–H and O–H groups in total. The number of nitro benzene ring substituents is 2. The summed E-state index contributed by atoms with van der Waals surface area (Å²) < 4.78 is 0. The van der Waals surface area contributed by atoms with Gasteiger partial charge in [-0.25, -0.2) is 0 Å². The summed E-state index contributed by atoms with van der Waals surface area (Å²) in [6.07, 6.45) is 0.596. The van der Waals surface area contributed by atoms with Crippen molar-refractivity contribution in [3.05, 3.63) is 44.0 Å². The van der Waals surface area contributed by atoms with Gasteiger partial charge in [-0.2, -0.15) is 0 Å². The number of aryl methyl sites for hydroxylation is 1. The van der Waals surface area contributed by atoms with Crippen molar-refractivity contribution in [2.24, 2.45) is 0 Å². The van der Waals surface area contributed by atoms with Crippen LogP contribution in [0.5, 0.6) is 0 Å². The van der Waals surface area contributed by atoms with Crippen LogP contribution in [0.4, 0.5) is 11.4 Å². The molecule has 0 saturated carbocycles. The highest BCUT2D eigenvalue weighted by atomic mass is 79.9. The maximum Gasteiger partial charge on any atom is 0.346 e. The molecule has 0 fully saturated rings. The largest absolute Gasteiger partial charge is 0.346 e. The minimum absolute atomic E-state index is 0.460. The summed E-state index contributed by atoms with van der Waals surface area (Å²) in [6.45, 7) is 0. The van der Waals surface area contributed by atoms with Crippen LogP contribution < -0.4 is 0 Å². The summed E-state index contributed by atoms with van der Waals surface area (Å²) in [5.74, 6) is 0. The summed E-state index contributed by atoms with van der Waals surface area (Å²) in [5.41, 5.74) is -0.235. The van der Waals surface area contributed by atoms with Gasteiger partial charge in [0.2, 0.25) is 0 Å². The number of benzene rings is 1. The maximum absolute atomic E-state index is 10.6. The lowest BCUT2D eigenvalue weighted by atomic mass is 10.1. The molecule has 1 rings (SSSR count). The van der Waals surface area contributed by atoms with Crippen molar-refractivity contribution in [2.75, 3.05) is 5.33 Å². The molecule has 0 aromatic heterocycles. The van der Waals surface area contributed by atoms with E-state index in [1.54, 1.807) is 0 Å². The molecular weight excluding hydrogens is 268 g/mol. The van der Waals surface area contributed by atoms with Gasteiger partial charge in [-0.15, -0.1) is 0 Å². The van der Waals surface area contributed by atoms with Gasteiger partial charge in [-0.3, -0.25) is 20.2 Å². The van der Waals surface area contributed by atoms with E-state index in [-0.39, 0.29) is 0 Å². The lowest BCUT2D eigenvalue weighted by Crippen LogP contribution is -1.98. The van der Waals surface area contributed by atoms with Crippen LogP contribution in [0, 0.1) is 20.2 Å². The molecule has 6 nitrogen and oxygen atoms in total. The summed E-state index contributed by atoms with van der Waals surface area (Å²) in [5, 5.41) is 21.7. The molecule has 7 heteroatoms. The van der Waals surface area contributed by atoms with Crippen LogP contribution in [0.1, 0.15) is 5.56 Å². The average Bonchev–Trinajstić information content (AvgIpc) is 2.17. The summed E-state index contributed by atoms with van der Waals surface area (Å²) in [7, 11) is 0. The molecule has 0 amide bonds. The van der Waals surface area contributed by atoms with Crippen molar-refractivity contribution in [1.29, 1.82) is 0 Å². The van der Waals surface area contributed by atoms with E-state index in [1.165, 1.54) is 12.1 Å². The topological polar surface area (TPSA) is 86.3 Å². The van der Waals surface area contributed by atoms with Crippen LogP contribution in [-0.4, -0.2) is 15.2 Å². The first-order valence-corrected chi connectivity index (χ1v) is 5.16. The van der Waals surface area contributed by atoms with Gasteiger partial charge < -0.3 is 0 Å². The zero-order valence-electron chi connectivity index (χ0n) is 7.55. The third kappa shape index (κ3) is 2.72. The van der Waals surface area contributed by atoms with Crippen molar-refractivity contribution in [3.8, 4) is 0 Å². The summed E-state index contributed by atoms with van der Waals surface area (Å²) >= 11 is 3.19. The fourth-order valence-corrected chi connectivity index (χ4v) is 1.59. The molecule has 0 atom stereocenters. The Hall–Kier alpha value is -1.50. The van der Waals surface area contributed by atoms with Crippen molar-refractivity contribution < 1.29 is 9.85 Å². The molecule has 1 aromatic carbocycles. The molecule has 0 aliphatic carbocycles. The van der Waals surface area contributed by atoms with Gasteiger partial charge in [0.05, 0.1) is 9.85 Å². The normalized spacial score (nSPS) is 9.93. The molecule has 80 valence electrons. The maximum atomic E-state index is 10.6. The first-order valence-electron chi connectivity index (χ1n) is 4.04. The number of rotatable bonds is 4. The molecule has 0 bridgehead atoms. The Morgan fingerprint density at radius 3 is 2.20 bits per heavy atom. The Morgan fingerprint density at radius 2 is 1.73 bits per heavy atom. The van der Waals surface area contributed by atoms with Crippen molar-refractivity contribution >= 4 is 27.3 Å². The van der Waals surface area contributed by atoms with Gasteiger partial charge >= 0.3 is 11.4 Å². The van der Waals surface area contributed by atoms with Gasteiger partial charge in [0.15, 0.2) is 0 Å². The molecule has 0 aliphatic rings. The minimum atomic E-state index is -0.754. The van der Waals surface area contributed by atoms with E-state index in [9.17, 15) is 20.2 Å². The predicted molar refractivity (Wildman–Crippen MR) is 57.2 cm³/mol. The van der Waals surface area contributed by atoms with E-state index >= 15 is 0 Å². The Morgan fingerprint density at radius 1 is 1.13 bits per heavy atom. The highest BCUT2D eigenvalue weighted by Crippen LogP contribution is 2.27. The number of halogens is 1. The monoisotopic (exact) mass is 274 g/mol. The Balaban J connectivity index is 3.21. The smallest absolute Gasteiger partial charge is 0.258 e. The van der Waals surface area contributed by atoms with Gasteiger partial charge in [-0.1, -0.05) is 22.0 Å². The van der Waals surface area contributed by atoms with Crippen molar-refractivity contribution in [2.45, 2.75) is 6.42 Å². The van der Waals surface area contributed by atoms with Crippen LogP contribution in [0.25, 0.3) is 0 Å². The summed E-state index contributed by atoms with van der Waals surface area (Å²) in [6, 6.07) is 3.92. The molecule has 0 saturated heterocycles. The average molecular weight is 275 g/mol. The van der Waals surface area contributed by atoms with Gasteiger partial charge in [-0.05, 0) is 12.0 Å². The zero-order valence-corrected chi connectivity index (χ0v) is 9.14. The van der Waals surface area contributed by atoms with Gasteiger partial charge in [0.25, 0.3) is 0 Å². The number of hydrogen-bond donors (Lipinski definition) is 0. The minimum Gasteiger partial charge on any atom is -0.258 e. The van der Waals surface area contributed by atoms with Crippen LogP contribution in [0.15, 0.2) is 18.2 Å². The van der Waals surface area contributed by atoms with E-state index in [2.05, 4.69) is 15.9 Å². The zero-order chi connectivity index (χ0) is 11.4. The van der Waals surface area contributed by atoms with Crippen LogP contribution in [-0.2, 0) is 6.42 Å². The lowest BCUT2D eigenvalue weighted by molar-refractivity contribution is -0.422. The Bertz CT molecular complexity index is 408. The van der Waals surface area contributed by atoms with E-state index in [0.29, 0.717) is 17.3 Å². The quantitative estimate of drug-likeness (QED) is 0.479. The molecule has 0 heterocycles. The fourth-order valence-electron chi connectivity index (χ4n) is 1.13. The van der Waals surface area contributed by atoms with Crippen molar-refractivity contribution in [3.63, 3.8) is 0 Å². The highest BCUT2D eigenvalue weighted by Gasteiger charge is 2.23. The number of nitro groups is 2. The molecule has 0 radical (unpaired) electrons. The second kappa shape index (κ2) is 4.83. The Labute approximate surface area is 93.3 Å². The molecule has 15 heavy (non-hydrogen) atoms. The molecule has 0 aliphatic heterocycles. The number of nitrogens with zero attached hydrogens (tertiary/aromatic N) is 2. The van der Waals surface area contributed by atoms with Crippen LogP contribution in [0.2, 0.25) is 0 Å². The van der Waals surface area contributed by atoms with Crippen LogP contribution in [0.3, 0.4) is 0 Å². The van der Waals surface area contributed by atoms with Gasteiger partial charge in [0.1, 0.15) is 0 Å². The molecule has 1 aromatic rings. The molecule has 0 spiro atoms. The molecule has 0 unspecified atom stereocenters. The van der Waals surface area contributed by atoms with Crippen LogP contribution >= 0.6 is 15.9 Å². The number of hydrogen-bond acceptors (Lipinski definition) is 4. The first kappa shape index (κ1) is 11.6. The fraction of sp³-hybridized carbons (Fsp3) is 0.250. The Kier molecular flexibility index (Phi) is 3.73. The van der Waals surface area contributed by atoms with E-state index in [4.69, 9.17) is 0 Å². The second-order valence-electron chi connectivity index (χ2n) is 2.78. The first-order chi connectivity index (χ1) is 7.06. The summed E-state index contributed by atoms with van der Waals surface area (Å²) in [4.78, 5) is 19.6. The predicted octanol–water partition coefficient (Wildman–Crippen LogP) is 2.44. The SMILES string of the molecule is O=[N+]([O-])c1ccc(CCBr)cc1[N+](=O)[O-].